The van der Waals surface area contributed by atoms with Crippen molar-refractivity contribution in [3.05, 3.63) is 17.5 Å². The van der Waals surface area contributed by atoms with Crippen LogP contribution in [-0.4, -0.2) is 20.9 Å². The van der Waals surface area contributed by atoms with Crippen molar-refractivity contribution in [1.29, 1.82) is 0 Å². The second-order valence-corrected chi connectivity index (χ2v) is 4.41. The standard InChI is InChI=1S/C12H18N2O2/c1-2-14-11(8-10(13-14)12(15)16)9-6-4-3-5-7-9/h8-9H,2-7H2,1H3,(H,15,16). The van der Waals surface area contributed by atoms with Gasteiger partial charge in [-0.25, -0.2) is 4.79 Å². The Morgan fingerprint density at radius 2 is 2.19 bits per heavy atom. The van der Waals surface area contributed by atoms with Gasteiger partial charge in [0.25, 0.3) is 0 Å². The lowest BCUT2D eigenvalue weighted by molar-refractivity contribution is 0.0689. The van der Waals surface area contributed by atoms with Gasteiger partial charge < -0.3 is 5.11 Å². The molecule has 0 aromatic carbocycles. The Bertz CT molecular complexity index is 378. The summed E-state index contributed by atoms with van der Waals surface area (Å²) in [5.74, 6) is -0.418. The Morgan fingerprint density at radius 1 is 1.50 bits per heavy atom. The zero-order valence-electron chi connectivity index (χ0n) is 9.65. The van der Waals surface area contributed by atoms with Crippen molar-refractivity contribution in [2.45, 2.75) is 51.5 Å². The van der Waals surface area contributed by atoms with Crippen LogP contribution in [0.2, 0.25) is 0 Å². The second-order valence-electron chi connectivity index (χ2n) is 4.41. The van der Waals surface area contributed by atoms with Crippen molar-refractivity contribution in [1.82, 2.24) is 9.78 Å². The molecular weight excluding hydrogens is 204 g/mol. The maximum Gasteiger partial charge on any atom is 0.356 e. The van der Waals surface area contributed by atoms with Crippen LogP contribution >= 0.6 is 0 Å². The fourth-order valence-corrected chi connectivity index (χ4v) is 2.52. The lowest BCUT2D eigenvalue weighted by atomic mass is 9.87. The molecule has 1 N–H and O–H groups in total. The van der Waals surface area contributed by atoms with E-state index >= 15 is 0 Å². The minimum absolute atomic E-state index is 0.183. The van der Waals surface area contributed by atoms with Gasteiger partial charge in [0.15, 0.2) is 5.69 Å². The lowest BCUT2D eigenvalue weighted by Gasteiger charge is -2.22. The molecule has 0 saturated heterocycles. The predicted molar refractivity (Wildman–Crippen MR) is 60.7 cm³/mol. The summed E-state index contributed by atoms with van der Waals surface area (Å²) >= 11 is 0. The van der Waals surface area contributed by atoms with Gasteiger partial charge in [-0.15, -0.1) is 0 Å². The number of hydrogen-bond acceptors (Lipinski definition) is 2. The number of rotatable bonds is 3. The van der Waals surface area contributed by atoms with Crippen molar-refractivity contribution in [3.8, 4) is 0 Å². The summed E-state index contributed by atoms with van der Waals surface area (Å²) in [7, 11) is 0. The van der Waals surface area contributed by atoms with Crippen LogP contribution in [0.15, 0.2) is 6.07 Å². The lowest BCUT2D eigenvalue weighted by Crippen LogP contribution is -2.11. The average molecular weight is 222 g/mol. The maximum atomic E-state index is 10.9. The summed E-state index contributed by atoms with van der Waals surface area (Å²) in [6.07, 6.45) is 6.15. The Balaban J connectivity index is 2.26. The molecular formula is C12H18N2O2. The van der Waals surface area contributed by atoms with Gasteiger partial charge in [0.2, 0.25) is 0 Å². The van der Waals surface area contributed by atoms with Crippen LogP contribution in [0.5, 0.6) is 0 Å². The van der Waals surface area contributed by atoms with Gasteiger partial charge in [-0.3, -0.25) is 4.68 Å². The highest BCUT2D eigenvalue weighted by molar-refractivity contribution is 5.85. The van der Waals surface area contributed by atoms with Gasteiger partial charge in [0.1, 0.15) is 0 Å². The number of aryl methyl sites for hydroxylation is 1. The summed E-state index contributed by atoms with van der Waals surface area (Å²) in [5.41, 5.74) is 1.29. The molecule has 4 nitrogen and oxygen atoms in total. The van der Waals surface area contributed by atoms with E-state index in [1.165, 1.54) is 32.1 Å². The molecule has 1 aromatic rings. The van der Waals surface area contributed by atoms with Crippen molar-refractivity contribution in [3.63, 3.8) is 0 Å². The fraction of sp³-hybridized carbons (Fsp3) is 0.667. The highest BCUT2D eigenvalue weighted by Crippen LogP contribution is 2.32. The third-order valence-electron chi connectivity index (χ3n) is 3.35. The maximum absolute atomic E-state index is 10.9. The molecule has 1 aliphatic carbocycles. The van der Waals surface area contributed by atoms with Crippen molar-refractivity contribution < 1.29 is 9.90 Å². The van der Waals surface area contributed by atoms with Crippen LogP contribution in [-0.2, 0) is 6.54 Å². The molecule has 0 bridgehead atoms. The quantitative estimate of drug-likeness (QED) is 0.855. The van der Waals surface area contributed by atoms with E-state index in [2.05, 4.69) is 5.10 Å². The van der Waals surface area contributed by atoms with Crippen molar-refractivity contribution in [2.24, 2.45) is 0 Å². The van der Waals surface area contributed by atoms with Crippen molar-refractivity contribution in [2.75, 3.05) is 0 Å². The van der Waals surface area contributed by atoms with Crippen LogP contribution in [0.4, 0.5) is 0 Å². The van der Waals surface area contributed by atoms with E-state index < -0.39 is 5.97 Å². The molecule has 1 heterocycles. The predicted octanol–water partition coefficient (Wildman–Crippen LogP) is 2.65. The van der Waals surface area contributed by atoms with E-state index in [1.54, 1.807) is 6.07 Å². The average Bonchev–Trinajstić information content (AvgIpc) is 2.74. The highest BCUT2D eigenvalue weighted by atomic mass is 16.4. The Morgan fingerprint density at radius 3 is 2.75 bits per heavy atom. The van der Waals surface area contributed by atoms with Crippen molar-refractivity contribution >= 4 is 5.97 Å². The molecule has 0 aliphatic heterocycles. The molecule has 1 fully saturated rings. The zero-order chi connectivity index (χ0) is 11.5. The van der Waals surface area contributed by atoms with Gasteiger partial charge in [0.05, 0.1) is 0 Å². The topological polar surface area (TPSA) is 55.1 Å². The van der Waals surface area contributed by atoms with E-state index in [0.717, 1.165) is 12.2 Å². The van der Waals surface area contributed by atoms with Gasteiger partial charge in [0, 0.05) is 18.2 Å². The number of hydrogen-bond donors (Lipinski definition) is 1. The first kappa shape index (κ1) is 11.2. The molecule has 1 aromatic heterocycles. The Kier molecular flexibility index (Phi) is 3.27. The zero-order valence-corrected chi connectivity index (χ0v) is 9.65. The molecule has 88 valence electrons. The number of carboxylic acids is 1. The number of carbonyl (C=O) groups is 1. The van der Waals surface area contributed by atoms with Crippen LogP contribution in [0.25, 0.3) is 0 Å². The number of nitrogens with zero attached hydrogens (tertiary/aromatic N) is 2. The van der Waals surface area contributed by atoms with Crippen LogP contribution < -0.4 is 0 Å². The molecule has 1 aliphatic rings. The first-order valence-electron chi connectivity index (χ1n) is 6.03. The van der Waals surface area contributed by atoms with E-state index in [-0.39, 0.29) is 5.69 Å². The van der Waals surface area contributed by atoms with Gasteiger partial charge in [-0.05, 0) is 25.8 Å². The second kappa shape index (κ2) is 4.68. The number of aromatic nitrogens is 2. The normalized spacial score (nSPS) is 17.6. The largest absolute Gasteiger partial charge is 0.476 e. The third kappa shape index (κ3) is 2.10. The molecule has 0 amide bonds. The SMILES string of the molecule is CCn1nc(C(=O)O)cc1C1CCCCC1. The fourth-order valence-electron chi connectivity index (χ4n) is 2.52. The summed E-state index contributed by atoms with van der Waals surface area (Å²) in [6.45, 7) is 2.75. The van der Waals surface area contributed by atoms with E-state index in [9.17, 15) is 4.79 Å². The van der Waals surface area contributed by atoms with E-state index in [4.69, 9.17) is 5.11 Å². The molecule has 1 saturated carbocycles. The Hall–Kier alpha value is -1.32. The molecule has 2 rings (SSSR count). The molecule has 0 spiro atoms. The number of aromatic carboxylic acids is 1. The highest BCUT2D eigenvalue weighted by Gasteiger charge is 2.21. The smallest absolute Gasteiger partial charge is 0.356 e. The van der Waals surface area contributed by atoms with Gasteiger partial charge in [-0.1, -0.05) is 19.3 Å². The monoisotopic (exact) mass is 222 g/mol. The first-order valence-corrected chi connectivity index (χ1v) is 6.03. The Labute approximate surface area is 95.3 Å². The number of carboxylic acid groups (broad SMARTS) is 1. The first-order chi connectivity index (χ1) is 7.72. The van der Waals surface area contributed by atoms with E-state index in [1.807, 2.05) is 11.6 Å². The summed E-state index contributed by atoms with van der Waals surface area (Å²) in [6, 6.07) is 1.75. The van der Waals surface area contributed by atoms with E-state index in [0.29, 0.717) is 5.92 Å². The molecule has 4 heteroatoms. The summed E-state index contributed by atoms with van der Waals surface area (Å²) < 4.78 is 1.85. The molecule has 16 heavy (non-hydrogen) atoms. The summed E-state index contributed by atoms with van der Waals surface area (Å²) in [5, 5.41) is 13.1. The van der Waals surface area contributed by atoms with Crippen LogP contribution in [0.1, 0.15) is 61.1 Å². The summed E-state index contributed by atoms with van der Waals surface area (Å²) in [4.78, 5) is 10.9. The third-order valence-corrected chi connectivity index (χ3v) is 3.35. The minimum atomic E-state index is -0.927. The van der Waals surface area contributed by atoms with Gasteiger partial charge >= 0.3 is 5.97 Å². The van der Waals surface area contributed by atoms with Crippen LogP contribution in [0, 0.1) is 0 Å². The van der Waals surface area contributed by atoms with Gasteiger partial charge in [-0.2, -0.15) is 5.10 Å². The van der Waals surface area contributed by atoms with Crippen LogP contribution in [0.3, 0.4) is 0 Å². The molecule has 0 radical (unpaired) electrons. The minimum Gasteiger partial charge on any atom is -0.476 e. The molecule has 0 atom stereocenters. The molecule has 0 unspecified atom stereocenters.